The van der Waals surface area contributed by atoms with E-state index in [1.807, 2.05) is 30.3 Å². The number of hydrogen-bond acceptors (Lipinski definition) is 2. The van der Waals surface area contributed by atoms with Gasteiger partial charge in [0.25, 0.3) is 5.91 Å². The van der Waals surface area contributed by atoms with Crippen LogP contribution < -0.4 is 5.32 Å². The van der Waals surface area contributed by atoms with E-state index in [0.29, 0.717) is 6.42 Å². The molecule has 0 spiro atoms. The van der Waals surface area contributed by atoms with Crippen LogP contribution in [0.1, 0.15) is 50.5 Å². The summed E-state index contributed by atoms with van der Waals surface area (Å²) < 4.78 is 0. The second-order valence-electron chi connectivity index (χ2n) is 8.25. The lowest BCUT2D eigenvalue weighted by molar-refractivity contribution is -0.133. The van der Waals surface area contributed by atoms with Crippen molar-refractivity contribution >= 4 is 17.9 Å². The van der Waals surface area contributed by atoms with Gasteiger partial charge < -0.3 is 0 Å². The van der Waals surface area contributed by atoms with Crippen molar-refractivity contribution in [2.24, 2.45) is 23.2 Å². The molecule has 126 valence electrons. The van der Waals surface area contributed by atoms with Gasteiger partial charge in [-0.1, -0.05) is 30.3 Å². The van der Waals surface area contributed by atoms with Crippen molar-refractivity contribution in [2.75, 3.05) is 0 Å². The minimum Gasteiger partial charge on any atom is -0.293 e. The number of carbonyl (C=O) groups excluding carboxylic acids is 2. The van der Waals surface area contributed by atoms with E-state index in [1.54, 1.807) is 6.08 Å². The zero-order chi connectivity index (χ0) is 16.6. The summed E-state index contributed by atoms with van der Waals surface area (Å²) in [4.78, 5) is 24.4. The predicted octanol–water partition coefficient (Wildman–Crippen LogP) is 3.95. The summed E-state index contributed by atoms with van der Waals surface area (Å²) in [5, 5.41) is 2.56. The number of imide groups is 1. The van der Waals surface area contributed by atoms with Gasteiger partial charge in [0.05, 0.1) is 0 Å². The first-order valence-corrected chi connectivity index (χ1v) is 9.17. The number of rotatable bonds is 4. The molecule has 0 saturated heterocycles. The first kappa shape index (κ1) is 15.6. The topological polar surface area (TPSA) is 46.2 Å². The highest BCUT2D eigenvalue weighted by atomic mass is 16.2. The fourth-order valence-corrected chi connectivity index (χ4v) is 5.81. The molecule has 2 amide bonds. The van der Waals surface area contributed by atoms with Crippen LogP contribution in [-0.2, 0) is 9.59 Å². The molecule has 4 bridgehead atoms. The quantitative estimate of drug-likeness (QED) is 0.853. The molecule has 4 fully saturated rings. The van der Waals surface area contributed by atoms with Crippen LogP contribution in [-0.4, -0.2) is 11.8 Å². The highest BCUT2D eigenvalue weighted by Crippen LogP contribution is 2.61. The molecule has 0 radical (unpaired) electrons. The van der Waals surface area contributed by atoms with E-state index in [2.05, 4.69) is 5.32 Å². The Morgan fingerprint density at radius 2 is 1.58 bits per heavy atom. The van der Waals surface area contributed by atoms with Crippen molar-refractivity contribution in [3.05, 3.63) is 42.0 Å². The molecule has 1 aromatic rings. The molecule has 1 aromatic carbocycles. The normalized spacial score (nSPS) is 33.8. The van der Waals surface area contributed by atoms with Gasteiger partial charge in [-0.3, -0.25) is 14.9 Å². The Morgan fingerprint density at radius 3 is 2.17 bits per heavy atom. The molecule has 5 rings (SSSR count). The van der Waals surface area contributed by atoms with Gasteiger partial charge in [-0.05, 0) is 73.3 Å². The number of benzene rings is 1. The Balaban J connectivity index is 1.34. The number of nitrogens with one attached hydrogen (secondary N) is 1. The van der Waals surface area contributed by atoms with Gasteiger partial charge in [0.15, 0.2) is 0 Å². The van der Waals surface area contributed by atoms with Gasteiger partial charge in [0, 0.05) is 12.5 Å². The van der Waals surface area contributed by atoms with E-state index < -0.39 is 0 Å². The Morgan fingerprint density at radius 1 is 1.00 bits per heavy atom. The molecule has 4 aliphatic rings. The van der Waals surface area contributed by atoms with Gasteiger partial charge in [-0.2, -0.15) is 0 Å². The average molecular weight is 323 g/mol. The number of carbonyl (C=O) groups is 2. The largest absolute Gasteiger partial charge is 0.293 e. The van der Waals surface area contributed by atoms with Gasteiger partial charge >= 0.3 is 0 Å². The average Bonchev–Trinajstić information content (AvgIpc) is 2.52. The third-order valence-electron chi connectivity index (χ3n) is 6.19. The van der Waals surface area contributed by atoms with Crippen LogP contribution in [0.3, 0.4) is 0 Å². The van der Waals surface area contributed by atoms with Crippen molar-refractivity contribution in [3.8, 4) is 0 Å². The van der Waals surface area contributed by atoms with Gasteiger partial charge in [-0.25, -0.2) is 0 Å². The summed E-state index contributed by atoms with van der Waals surface area (Å²) in [6, 6.07) is 9.65. The summed E-state index contributed by atoms with van der Waals surface area (Å²) >= 11 is 0. The maximum Gasteiger partial charge on any atom is 0.250 e. The highest BCUT2D eigenvalue weighted by Gasteiger charge is 2.51. The minimum atomic E-state index is -0.311. The van der Waals surface area contributed by atoms with Crippen molar-refractivity contribution in [1.82, 2.24) is 5.32 Å². The molecule has 3 heteroatoms. The Kier molecular flexibility index (Phi) is 4.03. The fourth-order valence-electron chi connectivity index (χ4n) is 5.81. The Bertz CT molecular complexity index is 626. The Hall–Kier alpha value is -1.90. The van der Waals surface area contributed by atoms with Crippen LogP contribution in [0.15, 0.2) is 36.4 Å². The maximum atomic E-state index is 12.4. The molecule has 0 aliphatic heterocycles. The highest BCUT2D eigenvalue weighted by molar-refractivity contribution is 6.02. The molecule has 0 atom stereocenters. The van der Waals surface area contributed by atoms with Gasteiger partial charge in [0.1, 0.15) is 0 Å². The lowest BCUT2D eigenvalue weighted by Crippen LogP contribution is -2.48. The summed E-state index contributed by atoms with van der Waals surface area (Å²) in [7, 11) is 0. The van der Waals surface area contributed by atoms with Crippen molar-refractivity contribution < 1.29 is 9.59 Å². The van der Waals surface area contributed by atoms with Crippen LogP contribution in [0.5, 0.6) is 0 Å². The molecule has 24 heavy (non-hydrogen) atoms. The molecule has 4 saturated carbocycles. The molecular formula is C21H25NO2. The van der Waals surface area contributed by atoms with Crippen molar-refractivity contribution in [2.45, 2.75) is 44.9 Å². The zero-order valence-corrected chi connectivity index (χ0v) is 14.0. The first-order chi connectivity index (χ1) is 11.6. The number of amides is 2. The SMILES string of the molecule is O=C(C=Cc1ccccc1)NC(=O)CC12CC3CC(CC(C3)C1)C2. The smallest absolute Gasteiger partial charge is 0.250 e. The van der Waals surface area contributed by atoms with E-state index >= 15 is 0 Å². The third-order valence-corrected chi connectivity index (χ3v) is 6.19. The maximum absolute atomic E-state index is 12.4. The van der Waals surface area contributed by atoms with E-state index in [0.717, 1.165) is 23.3 Å². The van der Waals surface area contributed by atoms with Crippen LogP contribution in [0.4, 0.5) is 0 Å². The first-order valence-electron chi connectivity index (χ1n) is 9.17. The van der Waals surface area contributed by atoms with E-state index in [4.69, 9.17) is 0 Å². The molecular weight excluding hydrogens is 298 g/mol. The standard InChI is InChI=1S/C21H25NO2/c23-19(7-6-15-4-2-1-3-5-15)22-20(24)14-21-11-16-8-17(12-21)10-18(9-16)13-21/h1-7,16-18H,8-14H2,(H,22,23,24). The summed E-state index contributed by atoms with van der Waals surface area (Å²) in [5.41, 5.74) is 1.14. The van der Waals surface area contributed by atoms with Gasteiger partial charge in [0.2, 0.25) is 5.91 Å². The lowest BCUT2D eigenvalue weighted by Gasteiger charge is -2.56. The van der Waals surface area contributed by atoms with E-state index in [9.17, 15) is 9.59 Å². The summed E-state index contributed by atoms with van der Waals surface area (Å²) in [5.74, 6) is 2.08. The second-order valence-corrected chi connectivity index (χ2v) is 8.25. The Labute approximate surface area is 143 Å². The molecule has 0 heterocycles. The van der Waals surface area contributed by atoms with Crippen molar-refractivity contribution in [3.63, 3.8) is 0 Å². The minimum absolute atomic E-state index is 0.0975. The molecule has 3 nitrogen and oxygen atoms in total. The molecule has 0 unspecified atom stereocenters. The molecule has 4 aliphatic carbocycles. The number of hydrogen-bond donors (Lipinski definition) is 1. The lowest BCUT2D eigenvalue weighted by atomic mass is 9.49. The fraction of sp³-hybridized carbons (Fsp3) is 0.524. The van der Waals surface area contributed by atoms with Crippen LogP contribution in [0.25, 0.3) is 6.08 Å². The monoisotopic (exact) mass is 323 g/mol. The van der Waals surface area contributed by atoms with Crippen LogP contribution >= 0.6 is 0 Å². The second kappa shape index (κ2) is 6.19. The zero-order valence-electron chi connectivity index (χ0n) is 14.0. The van der Waals surface area contributed by atoms with Crippen LogP contribution in [0, 0.1) is 23.2 Å². The summed E-state index contributed by atoms with van der Waals surface area (Å²) in [6.07, 6.45) is 11.4. The van der Waals surface area contributed by atoms with Crippen LogP contribution in [0.2, 0.25) is 0 Å². The molecule has 1 N–H and O–H groups in total. The van der Waals surface area contributed by atoms with Gasteiger partial charge in [-0.15, -0.1) is 0 Å². The molecule has 0 aromatic heterocycles. The third kappa shape index (κ3) is 3.31. The summed E-state index contributed by atoms with van der Waals surface area (Å²) in [6.45, 7) is 0. The predicted molar refractivity (Wildman–Crippen MR) is 93.8 cm³/mol. The van der Waals surface area contributed by atoms with E-state index in [1.165, 1.54) is 44.6 Å². The van der Waals surface area contributed by atoms with E-state index in [-0.39, 0.29) is 17.2 Å². The van der Waals surface area contributed by atoms with Crippen molar-refractivity contribution in [1.29, 1.82) is 0 Å².